The van der Waals surface area contributed by atoms with Gasteiger partial charge in [-0.05, 0) is 126 Å². The van der Waals surface area contributed by atoms with Crippen LogP contribution < -0.4 is 4.90 Å². The molecule has 1 aromatic heterocycles. The SMILES string of the molecule is c1ccc(-c2ccc(N(c3ccc(-c4cc5ccccc5c5ccccc45)cc3)c3ccc4c(ccc5oc6ccc(-c7ccccc7)cc6c54)c3)cc2)cc1. The van der Waals surface area contributed by atoms with Crippen molar-refractivity contribution in [2.45, 2.75) is 0 Å². The molecule has 0 bridgehead atoms. The molecule has 262 valence electrons. The van der Waals surface area contributed by atoms with Gasteiger partial charge in [0.2, 0.25) is 0 Å². The first-order chi connectivity index (χ1) is 27.7. The molecular weight excluding hydrogens is 679 g/mol. The molecule has 0 saturated heterocycles. The molecule has 0 unspecified atom stereocenters. The fourth-order valence-corrected chi connectivity index (χ4v) is 8.51. The summed E-state index contributed by atoms with van der Waals surface area (Å²) < 4.78 is 6.40. The predicted molar refractivity (Wildman–Crippen MR) is 237 cm³/mol. The van der Waals surface area contributed by atoms with Crippen LogP contribution in [0.3, 0.4) is 0 Å². The van der Waals surface area contributed by atoms with E-state index in [-0.39, 0.29) is 0 Å². The predicted octanol–water partition coefficient (Wildman–Crippen LogP) is 15.5. The first-order valence-electron chi connectivity index (χ1n) is 19.2. The van der Waals surface area contributed by atoms with Crippen LogP contribution in [0.4, 0.5) is 17.1 Å². The van der Waals surface area contributed by atoms with Crippen LogP contribution in [0.5, 0.6) is 0 Å². The Kier molecular flexibility index (Phi) is 7.53. The molecule has 56 heavy (non-hydrogen) atoms. The van der Waals surface area contributed by atoms with Crippen molar-refractivity contribution in [3.8, 4) is 33.4 Å². The molecule has 0 saturated carbocycles. The molecule has 11 rings (SSSR count). The van der Waals surface area contributed by atoms with Crippen LogP contribution in [0.2, 0.25) is 0 Å². The maximum Gasteiger partial charge on any atom is 0.136 e. The highest BCUT2D eigenvalue weighted by molar-refractivity contribution is 6.20. The zero-order valence-electron chi connectivity index (χ0n) is 30.6. The lowest BCUT2D eigenvalue weighted by atomic mass is 9.93. The van der Waals surface area contributed by atoms with Crippen LogP contribution in [-0.4, -0.2) is 0 Å². The summed E-state index contributed by atoms with van der Waals surface area (Å²) in [7, 11) is 0. The minimum absolute atomic E-state index is 0.899. The monoisotopic (exact) mass is 713 g/mol. The Bertz CT molecular complexity index is 3220. The number of hydrogen-bond donors (Lipinski definition) is 0. The summed E-state index contributed by atoms with van der Waals surface area (Å²) in [5.41, 5.74) is 12.3. The lowest BCUT2D eigenvalue weighted by Gasteiger charge is -2.26. The normalized spacial score (nSPS) is 11.6. The second kappa shape index (κ2) is 13.2. The van der Waals surface area contributed by atoms with E-state index in [9.17, 15) is 0 Å². The van der Waals surface area contributed by atoms with E-state index in [1.807, 2.05) is 0 Å². The quantitative estimate of drug-likeness (QED) is 0.160. The van der Waals surface area contributed by atoms with E-state index in [0.717, 1.165) is 44.4 Å². The summed E-state index contributed by atoms with van der Waals surface area (Å²) in [6.45, 7) is 0. The zero-order valence-corrected chi connectivity index (χ0v) is 30.6. The largest absolute Gasteiger partial charge is 0.456 e. The van der Waals surface area contributed by atoms with Crippen molar-refractivity contribution in [3.63, 3.8) is 0 Å². The lowest BCUT2D eigenvalue weighted by molar-refractivity contribution is 0.669. The van der Waals surface area contributed by atoms with Gasteiger partial charge in [-0.2, -0.15) is 0 Å². The van der Waals surface area contributed by atoms with Crippen molar-refractivity contribution in [1.29, 1.82) is 0 Å². The molecule has 0 amide bonds. The summed E-state index contributed by atoms with van der Waals surface area (Å²) in [5, 5.41) is 9.67. The Morgan fingerprint density at radius 2 is 0.821 bits per heavy atom. The fraction of sp³-hybridized carbons (Fsp3) is 0. The van der Waals surface area contributed by atoms with Gasteiger partial charge >= 0.3 is 0 Å². The number of furan rings is 1. The van der Waals surface area contributed by atoms with Crippen LogP contribution in [0.15, 0.2) is 217 Å². The molecule has 10 aromatic carbocycles. The number of nitrogens with zero attached hydrogens (tertiary/aromatic N) is 1. The molecule has 2 heteroatoms. The van der Waals surface area contributed by atoms with Crippen molar-refractivity contribution in [1.82, 2.24) is 0 Å². The van der Waals surface area contributed by atoms with Crippen LogP contribution in [-0.2, 0) is 0 Å². The van der Waals surface area contributed by atoms with Gasteiger partial charge in [0.25, 0.3) is 0 Å². The molecule has 0 aliphatic heterocycles. The van der Waals surface area contributed by atoms with Crippen LogP contribution >= 0.6 is 0 Å². The Hall–Kier alpha value is -7.42. The maximum atomic E-state index is 6.40. The van der Waals surface area contributed by atoms with Crippen molar-refractivity contribution in [2.75, 3.05) is 4.90 Å². The average Bonchev–Trinajstić information content (AvgIpc) is 3.66. The molecule has 11 aromatic rings. The van der Waals surface area contributed by atoms with E-state index in [1.54, 1.807) is 0 Å². The fourth-order valence-electron chi connectivity index (χ4n) is 8.51. The standard InChI is InChI=1S/C54H35NO/c1-3-11-36(12-4-1)38-19-25-43(26-20-38)55(44-27-21-39(22-28-44)50-35-41-15-7-8-16-46(41)48-17-9-10-18-49(48)50)45-29-30-47-42(33-45)24-32-53-54(47)51-34-40(23-31-52(51)56-53)37-13-5-2-6-14-37/h1-35H. The highest BCUT2D eigenvalue weighted by Crippen LogP contribution is 2.42. The van der Waals surface area contributed by atoms with Gasteiger partial charge in [-0.15, -0.1) is 0 Å². The number of hydrogen-bond acceptors (Lipinski definition) is 2. The smallest absolute Gasteiger partial charge is 0.136 e. The molecule has 0 fully saturated rings. The number of anilines is 3. The molecule has 0 N–H and O–H groups in total. The van der Waals surface area contributed by atoms with E-state index in [4.69, 9.17) is 4.42 Å². The number of rotatable bonds is 6. The van der Waals surface area contributed by atoms with Gasteiger partial charge in [-0.1, -0.05) is 152 Å². The van der Waals surface area contributed by atoms with Gasteiger partial charge in [-0.3, -0.25) is 0 Å². The van der Waals surface area contributed by atoms with E-state index in [2.05, 4.69) is 217 Å². The highest BCUT2D eigenvalue weighted by atomic mass is 16.3. The maximum absolute atomic E-state index is 6.40. The van der Waals surface area contributed by atoms with E-state index < -0.39 is 0 Å². The van der Waals surface area contributed by atoms with Crippen molar-refractivity contribution < 1.29 is 4.42 Å². The van der Waals surface area contributed by atoms with Gasteiger partial charge in [0.15, 0.2) is 0 Å². The molecule has 0 atom stereocenters. The summed E-state index contributed by atoms with van der Waals surface area (Å²) in [6, 6.07) is 76.5. The summed E-state index contributed by atoms with van der Waals surface area (Å²) in [4.78, 5) is 2.36. The Labute approximate surface area is 325 Å². The van der Waals surface area contributed by atoms with Gasteiger partial charge in [0.1, 0.15) is 11.2 Å². The summed E-state index contributed by atoms with van der Waals surface area (Å²) in [6.07, 6.45) is 0. The Morgan fingerprint density at radius 1 is 0.286 bits per heavy atom. The van der Waals surface area contributed by atoms with E-state index >= 15 is 0 Å². The van der Waals surface area contributed by atoms with Crippen molar-refractivity contribution in [3.05, 3.63) is 212 Å². The molecule has 0 spiro atoms. The van der Waals surface area contributed by atoms with Crippen LogP contribution in [0, 0.1) is 0 Å². The third kappa shape index (κ3) is 5.42. The van der Waals surface area contributed by atoms with Gasteiger partial charge < -0.3 is 9.32 Å². The lowest BCUT2D eigenvalue weighted by Crippen LogP contribution is -2.09. The molecular formula is C54H35NO. The minimum atomic E-state index is 0.899. The third-order valence-corrected chi connectivity index (χ3v) is 11.2. The Morgan fingerprint density at radius 3 is 1.55 bits per heavy atom. The molecule has 2 nitrogen and oxygen atoms in total. The minimum Gasteiger partial charge on any atom is -0.456 e. The third-order valence-electron chi connectivity index (χ3n) is 11.2. The van der Waals surface area contributed by atoms with Crippen LogP contribution in [0.1, 0.15) is 0 Å². The van der Waals surface area contributed by atoms with E-state index in [1.165, 1.54) is 60.3 Å². The van der Waals surface area contributed by atoms with Gasteiger partial charge in [-0.25, -0.2) is 0 Å². The molecule has 1 heterocycles. The highest BCUT2D eigenvalue weighted by Gasteiger charge is 2.17. The number of benzene rings is 10. The van der Waals surface area contributed by atoms with Gasteiger partial charge in [0, 0.05) is 27.8 Å². The second-order valence-corrected chi connectivity index (χ2v) is 14.5. The zero-order chi connectivity index (χ0) is 37.0. The average molecular weight is 714 g/mol. The summed E-state index contributed by atoms with van der Waals surface area (Å²) in [5.74, 6) is 0. The van der Waals surface area contributed by atoms with E-state index in [0.29, 0.717) is 0 Å². The molecule has 0 aliphatic rings. The second-order valence-electron chi connectivity index (χ2n) is 14.5. The molecule has 0 aliphatic carbocycles. The Balaban J connectivity index is 1.05. The first kappa shape index (κ1) is 32.0. The summed E-state index contributed by atoms with van der Waals surface area (Å²) >= 11 is 0. The molecule has 0 radical (unpaired) electrons. The van der Waals surface area contributed by atoms with Gasteiger partial charge in [0.05, 0.1) is 0 Å². The first-order valence-corrected chi connectivity index (χ1v) is 19.2. The number of fused-ring (bicyclic) bond motifs is 8. The van der Waals surface area contributed by atoms with Crippen molar-refractivity contribution >= 4 is 71.3 Å². The van der Waals surface area contributed by atoms with Crippen molar-refractivity contribution in [2.24, 2.45) is 0 Å². The topological polar surface area (TPSA) is 16.4 Å². The van der Waals surface area contributed by atoms with Crippen LogP contribution in [0.25, 0.3) is 87.6 Å².